The first-order valence-electron chi connectivity index (χ1n) is 6.27. The Labute approximate surface area is 92.1 Å². The van der Waals surface area contributed by atoms with E-state index in [0.29, 0.717) is 0 Å². The summed E-state index contributed by atoms with van der Waals surface area (Å²) in [7, 11) is 0. The zero-order chi connectivity index (χ0) is 10.1. The average Bonchev–Trinajstić information content (AvgIpc) is 2.74. The van der Waals surface area contributed by atoms with Gasteiger partial charge in [-0.2, -0.15) is 0 Å². The maximum absolute atomic E-state index is 2.70. The molecular formula is C14H19N. The second-order valence-electron chi connectivity index (χ2n) is 4.85. The summed E-state index contributed by atoms with van der Waals surface area (Å²) < 4.78 is 0. The number of rotatable bonds is 1. The fourth-order valence-electron chi connectivity index (χ4n) is 3.14. The smallest absolute Gasteiger partial charge is 0.0354 e. The zero-order valence-electron chi connectivity index (χ0n) is 9.28. The minimum Gasteiger partial charge on any atom is -0.296 e. The van der Waals surface area contributed by atoms with Gasteiger partial charge in [0.05, 0.1) is 0 Å². The van der Waals surface area contributed by atoms with Gasteiger partial charge in [0, 0.05) is 6.04 Å². The van der Waals surface area contributed by atoms with Crippen molar-refractivity contribution < 1.29 is 0 Å². The summed E-state index contributed by atoms with van der Waals surface area (Å²) >= 11 is 0. The van der Waals surface area contributed by atoms with Crippen LogP contribution in [0, 0.1) is 0 Å². The van der Waals surface area contributed by atoms with Crippen molar-refractivity contribution in [3.05, 3.63) is 35.4 Å². The van der Waals surface area contributed by atoms with E-state index in [-0.39, 0.29) is 0 Å². The molecule has 1 saturated heterocycles. The van der Waals surface area contributed by atoms with E-state index in [9.17, 15) is 0 Å². The van der Waals surface area contributed by atoms with Crippen molar-refractivity contribution in [2.75, 3.05) is 13.1 Å². The van der Waals surface area contributed by atoms with E-state index in [1.54, 1.807) is 11.1 Å². The lowest BCUT2D eigenvalue weighted by atomic mass is 10.0. The molecule has 1 aliphatic carbocycles. The molecule has 1 fully saturated rings. The fourth-order valence-corrected chi connectivity index (χ4v) is 3.14. The summed E-state index contributed by atoms with van der Waals surface area (Å²) in [5.74, 6) is 0. The SMILES string of the molecule is c1ccc2c(c1)CC[C@@H]2N1CCCCC1. The number of hydrogen-bond donors (Lipinski definition) is 0. The first-order valence-corrected chi connectivity index (χ1v) is 6.27. The molecule has 2 aliphatic rings. The van der Waals surface area contributed by atoms with Crippen LogP contribution >= 0.6 is 0 Å². The standard InChI is InChI=1S/C14H19N/c1-4-10-15(11-5-1)14-9-8-12-6-2-3-7-13(12)14/h2-3,6-7,14H,1,4-5,8-11H2/t14-/m0/s1. The molecule has 0 bridgehead atoms. The molecule has 0 unspecified atom stereocenters. The molecule has 1 atom stereocenters. The van der Waals surface area contributed by atoms with Crippen molar-refractivity contribution in [2.24, 2.45) is 0 Å². The topological polar surface area (TPSA) is 3.24 Å². The highest BCUT2D eigenvalue weighted by molar-refractivity contribution is 5.34. The van der Waals surface area contributed by atoms with Gasteiger partial charge in [0.25, 0.3) is 0 Å². The summed E-state index contributed by atoms with van der Waals surface area (Å²) in [4.78, 5) is 2.70. The van der Waals surface area contributed by atoms with E-state index in [2.05, 4.69) is 29.2 Å². The zero-order valence-corrected chi connectivity index (χ0v) is 9.28. The minimum absolute atomic E-state index is 0.737. The quantitative estimate of drug-likeness (QED) is 0.674. The summed E-state index contributed by atoms with van der Waals surface area (Å²) in [5.41, 5.74) is 3.20. The molecule has 0 N–H and O–H groups in total. The van der Waals surface area contributed by atoms with Crippen LogP contribution in [-0.4, -0.2) is 18.0 Å². The van der Waals surface area contributed by atoms with Gasteiger partial charge >= 0.3 is 0 Å². The van der Waals surface area contributed by atoms with Crippen LogP contribution in [0.2, 0.25) is 0 Å². The Morgan fingerprint density at radius 1 is 1.00 bits per heavy atom. The van der Waals surface area contributed by atoms with E-state index in [1.807, 2.05) is 0 Å². The number of benzene rings is 1. The van der Waals surface area contributed by atoms with E-state index >= 15 is 0 Å². The van der Waals surface area contributed by atoms with Gasteiger partial charge in [-0.1, -0.05) is 30.7 Å². The number of likely N-dealkylation sites (tertiary alicyclic amines) is 1. The van der Waals surface area contributed by atoms with Crippen LogP contribution in [0.15, 0.2) is 24.3 Å². The molecule has 0 spiro atoms. The fraction of sp³-hybridized carbons (Fsp3) is 0.571. The molecule has 1 aliphatic heterocycles. The van der Waals surface area contributed by atoms with Crippen LogP contribution < -0.4 is 0 Å². The molecule has 3 rings (SSSR count). The van der Waals surface area contributed by atoms with Crippen LogP contribution in [0.5, 0.6) is 0 Å². The molecule has 0 aromatic heterocycles. The van der Waals surface area contributed by atoms with Crippen molar-refractivity contribution in [2.45, 2.75) is 38.1 Å². The highest BCUT2D eigenvalue weighted by Gasteiger charge is 2.27. The Morgan fingerprint density at radius 3 is 2.67 bits per heavy atom. The van der Waals surface area contributed by atoms with Crippen LogP contribution in [0.3, 0.4) is 0 Å². The lowest BCUT2D eigenvalue weighted by Gasteiger charge is -2.32. The van der Waals surface area contributed by atoms with E-state index in [0.717, 1.165) is 6.04 Å². The molecule has 1 aromatic rings. The summed E-state index contributed by atoms with van der Waals surface area (Å²) in [6.45, 7) is 2.64. The Balaban J connectivity index is 1.83. The Kier molecular flexibility index (Phi) is 2.49. The minimum atomic E-state index is 0.737. The Bertz CT molecular complexity index is 339. The number of aryl methyl sites for hydroxylation is 1. The molecule has 0 saturated carbocycles. The predicted octanol–water partition coefficient (Wildman–Crippen LogP) is 3.16. The Morgan fingerprint density at radius 2 is 1.80 bits per heavy atom. The Hall–Kier alpha value is -0.820. The van der Waals surface area contributed by atoms with Crippen molar-refractivity contribution >= 4 is 0 Å². The first kappa shape index (κ1) is 9.41. The number of fused-ring (bicyclic) bond motifs is 1. The number of piperidine rings is 1. The van der Waals surface area contributed by atoms with Crippen molar-refractivity contribution in [1.29, 1.82) is 0 Å². The summed E-state index contributed by atoms with van der Waals surface area (Å²) in [6.07, 6.45) is 6.87. The molecule has 80 valence electrons. The first-order chi connectivity index (χ1) is 7.45. The third-order valence-electron chi connectivity index (χ3n) is 3.93. The van der Waals surface area contributed by atoms with Gasteiger partial charge in [-0.25, -0.2) is 0 Å². The molecule has 1 heteroatoms. The molecule has 15 heavy (non-hydrogen) atoms. The van der Waals surface area contributed by atoms with Gasteiger partial charge in [0.2, 0.25) is 0 Å². The van der Waals surface area contributed by atoms with Crippen LogP contribution in [0.1, 0.15) is 42.9 Å². The maximum Gasteiger partial charge on any atom is 0.0354 e. The van der Waals surface area contributed by atoms with Crippen LogP contribution in [0.25, 0.3) is 0 Å². The molecule has 1 heterocycles. The molecule has 1 nitrogen and oxygen atoms in total. The monoisotopic (exact) mass is 201 g/mol. The number of nitrogens with zero attached hydrogens (tertiary/aromatic N) is 1. The van der Waals surface area contributed by atoms with Gasteiger partial charge in [-0.15, -0.1) is 0 Å². The maximum atomic E-state index is 2.70. The summed E-state index contributed by atoms with van der Waals surface area (Å²) in [5, 5.41) is 0. The highest BCUT2D eigenvalue weighted by atomic mass is 15.2. The van der Waals surface area contributed by atoms with Gasteiger partial charge in [-0.3, -0.25) is 4.90 Å². The third-order valence-corrected chi connectivity index (χ3v) is 3.93. The van der Waals surface area contributed by atoms with Crippen molar-refractivity contribution in [1.82, 2.24) is 4.90 Å². The van der Waals surface area contributed by atoms with Gasteiger partial charge < -0.3 is 0 Å². The van der Waals surface area contributed by atoms with Gasteiger partial charge in [0.1, 0.15) is 0 Å². The largest absolute Gasteiger partial charge is 0.296 e. The molecule has 0 amide bonds. The lowest BCUT2D eigenvalue weighted by Crippen LogP contribution is -2.32. The molecule has 0 radical (unpaired) electrons. The van der Waals surface area contributed by atoms with Crippen molar-refractivity contribution in [3.8, 4) is 0 Å². The normalized spacial score (nSPS) is 26.5. The predicted molar refractivity (Wildman–Crippen MR) is 62.9 cm³/mol. The van der Waals surface area contributed by atoms with E-state index < -0.39 is 0 Å². The molecule has 1 aromatic carbocycles. The van der Waals surface area contributed by atoms with Gasteiger partial charge in [0.15, 0.2) is 0 Å². The molecular weight excluding hydrogens is 182 g/mol. The second kappa shape index (κ2) is 3.97. The average molecular weight is 201 g/mol. The van der Waals surface area contributed by atoms with Crippen LogP contribution in [0.4, 0.5) is 0 Å². The second-order valence-corrected chi connectivity index (χ2v) is 4.85. The summed E-state index contributed by atoms with van der Waals surface area (Å²) in [6, 6.07) is 9.75. The van der Waals surface area contributed by atoms with Crippen LogP contribution in [-0.2, 0) is 6.42 Å². The number of hydrogen-bond acceptors (Lipinski definition) is 1. The van der Waals surface area contributed by atoms with E-state index in [4.69, 9.17) is 0 Å². The van der Waals surface area contributed by atoms with Gasteiger partial charge in [-0.05, 0) is 49.9 Å². The van der Waals surface area contributed by atoms with Crippen molar-refractivity contribution in [3.63, 3.8) is 0 Å². The highest BCUT2D eigenvalue weighted by Crippen LogP contribution is 2.36. The lowest BCUT2D eigenvalue weighted by molar-refractivity contribution is 0.163. The third kappa shape index (κ3) is 1.69. The van der Waals surface area contributed by atoms with E-state index in [1.165, 1.54) is 45.2 Å².